The van der Waals surface area contributed by atoms with Crippen molar-refractivity contribution in [2.75, 3.05) is 19.0 Å². The van der Waals surface area contributed by atoms with Crippen LogP contribution in [0.15, 0.2) is 36.4 Å². The van der Waals surface area contributed by atoms with E-state index in [9.17, 15) is 4.39 Å². The lowest BCUT2D eigenvalue weighted by Gasteiger charge is -2.14. The van der Waals surface area contributed by atoms with Gasteiger partial charge >= 0.3 is 0 Å². The van der Waals surface area contributed by atoms with Gasteiger partial charge in [-0.1, -0.05) is 17.7 Å². The number of nitrogens with one attached hydrogen (secondary N) is 1. The Balaban J connectivity index is 2.18. The third-order valence-electron chi connectivity index (χ3n) is 3.15. The molecule has 0 fully saturated rings. The Labute approximate surface area is 124 Å². The summed E-state index contributed by atoms with van der Waals surface area (Å²) in [5.41, 5.74) is 2.97. The Morgan fingerprint density at radius 1 is 1.10 bits per heavy atom. The fraction of sp³-hybridized carbons (Fsp3) is 0.294. The average Bonchev–Trinajstić information content (AvgIpc) is 2.47. The third-order valence-corrected chi connectivity index (χ3v) is 3.15. The van der Waals surface area contributed by atoms with Gasteiger partial charge in [0.1, 0.15) is 17.3 Å². The largest absolute Gasteiger partial charge is 0.496 e. The number of rotatable bonds is 6. The minimum Gasteiger partial charge on any atom is -0.496 e. The van der Waals surface area contributed by atoms with Crippen LogP contribution in [0.25, 0.3) is 0 Å². The summed E-state index contributed by atoms with van der Waals surface area (Å²) in [6.45, 7) is 4.98. The second kappa shape index (κ2) is 6.97. The zero-order chi connectivity index (χ0) is 15.2. The minimum absolute atomic E-state index is 0.308. The molecule has 2 aromatic rings. The van der Waals surface area contributed by atoms with Gasteiger partial charge < -0.3 is 14.8 Å². The first-order valence-electron chi connectivity index (χ1n) is 6.93. The van der Waals surface area contributed by atoms with Crippen LogP contribution in [0.2, 0.25) is 0 Å². The van der Waals surface area contributed by atoms with E-state index in [0.29, 0.717) is 18.9 Å². The maximum absolute atomic E-state index is 13.3. The maximum Gasteiger partial charge on any atom is 0.145 e. The summed E-state index contributed by atoms with van der Waals surface area (Å²) in [5, 5.41) is 3.27. The van der Waals surface area contributed by atoms with Gasteiger partial charge in [-0.3, -0.25) is 0 Å². The smallest absolute Gasteiger partial charge is 0.145 e. The quantitative estimate of drug-likeness (QED) is 0.866. The second-order valence-corrected chi connectivity index (χ2v) is 4.74. The van der Waals surface area contributed by atoms with Crippen LogP contribution in [0.5, 0.6) is 11.5 Å². The molecule has 0 amide bonds. The first-order valence-corrected chi connectivity index (χ1v) is 6.93. The number of methoxy groups -OCH3 is 1. The van der Waals surface area contributed by atoms with Crippen LogP contribution in [0.1, 0.15) is 18.1 Å². The van der Waals surface area contributed by atoms with E-state index in [2.05, 4.69) is 11.4 Å². The highest BCUT2D eigenvalue weighted by molar-refractivity contribution is 5.57. The van der Waals surface area contributed by atoms with Crippen molar-refractivity contribution in [1.82, 2.24) is 0 Å². The summed E-state index contributed by atoms with van der Waals surface area (Å²) in [5.74, 6) is 1.04. The van der Waals surface area contributed by atoms with Crippen LogP contribution in [-0.4, -0.2) is 13.7 Å². The van der Waals surface area contributed by atoms with E-state index in [-0.39, 0.29) is 5.82 Å². The summed E-state index contributed by atoms with van der Waals surface area (Å²) in [6, 6.07) is 10.5. The lowest BCUT2D eigenvalue weighted by atomic mass is 10.1. The van der Waals surface area contributed by atoms with Crippen LogP contribution in [0.4, 0.5) is 10.1 Å². The van der Waals surface area contributed by atoms with E-state index in [0.717, 1.165) is 22.6 Å². The number of ether oxygens (including phenoxy) is 2. The van der Waals surface area contributed by atoms with Gasteiger partial charge in [0.25, 0.3) is 0 Å². The van der Waals surface area contributed by atoms with Crippen molar-refractivity contribution in [3.63, 3.8) is 0 Å². The number of benzene rings is 2. The van der Waals surface area contributed by atoms with Crippen molar-refractivity contribution in [3.05, 3.63) is 53.3 Å². The zero-order valence-electron chi connectivity index (χ0n) is 12.6. The molecule has 0 bridgehead atoms. The van der Waals surface area contributed by atoms with Gasteiger partial charge in [0.05, 0.1) is 19.4 Å². The Hall–Kier alpha value is -2.23. The van der Waals surface area contributed by atoms with E-state index in [1.807, 2.05) is 26.0 Å². The summed E-state index contributed by atoms with van der Waals surface area (Å²) < 4.78 is 24.1. The topological polar surface area (TPSA) is 30.5 Å². The molecule has 0 aliphatic heterocycles. The monoisotopic (exact) mass is 289 g/mol. The first kappa shape index (κ1) is 15.2. The number of anilines is 1. The van der Waals surface area contributed by atoms with Crippen molar-refractivity contribution >= 4 is 5.69 Å². The van der Waals surface area contributed by atoms with Crippen molar-refractivity contribution in [3.8, 4) is 11.5 Å². The molecule has 0 radical (unpaired) electrons. The molecule has 0 aliphatic rings. The van der Waals surface area contributed by atoms with Crippen molar-refractivity contribution in [2.45, 2.75) is 20.4 Å². The molecule has 1 N–H and O–H groups in total. The standard InChI is InChI=1S/C17H20FNO2/c1-4-21-17-10-14(18)6-7-15(17)19-11-13-9-12(2)5-8-16(13)20-3/h5-10,19H,4,11H2,1-3H3. The molecule has 0 unspecified atom stereocenters. The Bertz CT molecular complexity index is 614. The normalized spacial score (nSPS) is 10.3. The highest BCUT2D eigenvalue weighted by Crippen LogP contribution is 2.27. The molecule has 0 atom stereocenters. The molecule has 2 aromatic carbocycles. The molecular formula is C17H20FNO2. The molecule has 112 valence electrons. The van der Waals surface area contributed by atoms with Gasteiger partial charge in [-0.05, 0) is 32.0 Å². The van der Waals surface area contributed by atoms with Gasteiger partial charge in [-0.2, -0.15) is 0 Å². The summed E-state index contributed by atoms with van der Waals surface area (Å²) in [4.78, 5) is 0. The zero-order valence-corrected chi connectivity index (χ0v) is 12.6. The molecule has 2 rings (SSSR count). The van der Waals surface area contributed by atoms with Crippen molar-refractivity contribution in [2.24, 2.45) is 0 Å². The van der Waals surface area contributed by atoms with Gasteiger partial charge in [-0.15, -0.1) is 0 Å². The molecule has 4 heteroatoms. The van der Waals surface area contributed by atoms with Gasteiger partial charge in [0.2, 0.25) is 0 Å². The number of aryl methyl sites for hydroxylation is 1. The maximum atomic E-state index is 13.3. The van der Waals surface area contributed by atoms with E-state index in [1.165, 1.54) is 12.1 Å². The molecule has 0 saturated heterocycles. The molecule has 0 aliphatic carbocycles. The van der Waals surface area contributed by atoms with Gasteiger partial charge in [0.15, 0.2) is 0 Å². The number of halogens is 1. The summed E-state index contributed by atoms with van der Waals surface area (Å²) >= 11 is 0. The molecule has 21 heavy (non-hydrogen) atoms. The lowest BCUT2D eigenvalue weighted by Crippen LogP contribution is -2.04. The predicted octanol–water partition coefficient (Wildman–Crippen LogP) is 4.15. The van der Waals surface area contributed by atoms with Gasteiger partial charge in [0, 0.05) is 18.2 Å². The Morgan fingerprint density at radius 3 is 2.62 bits per heavy atom. The number of hydrogen-bond donors (Lipinski definition) is 1. The van der Waals surface area contributed by atoms with E-state index >= 15 is 0 Å². The lowest BCUT2D eigenvalue weighted by molar-refractivity contribution is 0.339. The Kier molecular flexibility index (Phi) is 5.04. The van der Waals surface area contributed by atoms with Crippen LogP contribution >= 0.6 is 0 Å². The predicted molar refractivity (Wildman–Crippen MR) is 82.6 cm³/mol. The third kappa shape index (κ3) is 3.88. The average molecular weight is 289 g/mol. The summed E-state index contributed by atoms with van der Waals surface area (Å²) in [6.07, 6.45) is 0. The molecule has 0 aromatic heterocycles. The molecule has 0 spiro atoms. The van der Waals surface area contributed by atoms with E-state index in [4.69, 9.17) is 9.47 Å². The van der Waals surface area contributed by atoms with E-state index < -0.39 is 0 Å². The van der Waals surface area contributed by atoms with Crippen molar-refractivity contribution < 1.29 is 13.9 Å². The summed E-state index contributed by atoms with van der Waals surface area (Å²) in [7, 11) is 1.65. The highest BCUT2D eigenvalue weighted by atomic mass is 19.1. The van der Waals surface area contributed by atoms with Crippen LogP contribution in [0, 0.1) is 12.7 Å². The SMILES string of the molecule is CCOc1cc(F)ccc1NCc1cc(C)ccc1OC. The molecule has 0 heterocycles. The van der Waals surface area contributed by atoms with Gasteiger partial charge in [-0.25, -0.2) is 4.39 Å². The number of hydrogen-bond acceptors (Lipinski definition) is 3. The minimum atomic E-state index is -0.308. The fourth-order valence-electron chi connectivity index (χ4n) is 2.15. The second-order valence-electron chi connectivity index (χ2n) is 4.74. The van der Waals surface area contributed by atoms with Crippen LogP contribution in [0.3, 0.4) is 0 Å². The van der Waals surface area contributed by atoms with E-state index in [1.54, 1.807) is 13.2 Å². The van der Waals surface area contributed by atoms with Crippen molar-refractivity contribution in [1.29, 1.82) is 0 Å². The Morgan fingerprint density at radius 2 is 1.90 bits per heavy atom. The molecule has 0 saturated carbocycles. The van der Waals surface area contributed by atoms with Crippen LogP contribution in [-0.2, 0) is 6.54 Å². The van der Waals surface area contributed by atoms with Crippen LogP contribution < -0.4 is 14.8 Å². The molecule has 3 nitrogen and oxygen atoms in total. The highest BCUT2D eigenvalue weighted by Gasteiger charge is 2.07. The molecular weight excluding hydrogens is 269 g/mol. The first-order chi connectivity index (χ1) is 10.1. The fourth-order valence-corrected chi connectivity index (χ4v) is 2.15.